The number of nitrogens with two attached hydrogens (primary N) is 1. The fraction of sp³-hybridized carbons (Fsp3) is 1.00. The number of likely N-dealkylation sites (N-methyl/N-ethyl adjacent to an activating group) is 1. The lowest BCUT2D eigenvalue weighted by Gasteiger charge is -2.49. The quantitative estimate of drug-likeness (QED) is 0.863. The maximum atomic E-state index is 12.2. The lowest BCUT2D eigenvalue weighted by atomic mass is 9.74. The molecule has 2 fully saturated rings. The molecule has 2 N–H and O–H groups in total. The molecule has 0 radical (unpaired) electrons. The molecule has 0 spiro atoms. The fourth-order valence-electron chi connectivity index (χ4n) is 4.55. The Bertz CT molecular complexity index is 465. The molecule has 5 heteroatoms. The number of rotatable bonds is 4. The average Bonchev–Trinajstić information content (AvgIpc) is 2.83. The Morgan fingerprint density at radius 3 is 2.19 bits per heavy atom. The Kier molecular flexibility index (Phi) is 4.77. The summed E-state index contributed by atoms with van der Waals surface area (Å²) in [6.07, 6.45) is 8.76. The Labute approximate surface area is 130 Å². The zero-order valence-corrected chi connectivity index (χ0v) is 14.9. The molecule has 2 aliphatic carbocycles. The molecule has 4 nitrogen and oxygen atoms in total. The van der Waals surface area contributed by atoms with Crippen LogP contribution >= 0.6 is 0 Å². The Morgan fingerprint density at radius 2 is 1.71 bits per heavy atom. The molecule has 124 valence electrons. The highest BCUT2D eigenvalue weighted by Crippen LogP contribution is 2.43. The van der Waals surface area contributed by atoms with Crippen molar-refractivity contribution in [2.24, 2.45) is 11.1 Å². The van der Waals surface area contributed by atoms with Crippen LogP contribution in [-0.2, 0) is 9.84 Å². The summed E-state index contributed by atoms with van der Waals surface area (Å²) in [5.41, 5.74) is 6.19. The zero-order chi connectivity index (χ0) is 15.9. The highest BCUT2D eigenvalue weighted by atomic mass is 32.2. The van der Waals surface area contributed by atoms with Gasteiger partial charge in [0.15, 0.2) is 9.84 Å². The first-order valence-electron chi connectivity index (χ1n) is 8.24. The number of sulfone groups is 1. The van der Waals surface area contributed by atoms with Crippen LogP contribution in [0, 0.1) is 5.41 Å². The molecule has 0 aromatic carbocycles. The van der Waals surface area contributed by atoms with Crippen molar-refractivity contribution in [2.75, 3.05) is 19.8 Å². The van der Waals surface area contributed by atoms with Crippen molar-refractivity contribution in [3.8, 4) is 0 Å². The van der Waals surface area contributed by atoms with Crippen molar-refractivity contribution < 1.29 is 8.42 Å². The van der Waals surface area contributed by atoms with Crippen molar-refractivity contribution in [3.63, 3.8) is 0 Å². The SMILES string of the molecule is CN(C1CCC(C)(C)CC1)C1(CN)CCCC1S(C)(=O)=O. The summed E-state index contributed by atoms with van der Waals surface area (Å²) < 4.78 is 24.4. The van der Waals surface area contributed by atoms with E-state index in [2.05, 4.69) is 25.8 Å². The lowest BCUT2D eigenvalue weighted by Crippen LogP contribution is -2.62. The highest BCUT2D eigenvalue weighted by Gasteiger charge is 2.51. The normalized spacial score (nSPS) is 34.5. The smallest absolute Gasteiger partial charge is 0.152 e. The summed E-state index contributed by atoms with van der Waals surface area (Å²) in [6.45, 7) is 5.11. The second-order valence-electron chi connectivity index (χ2n) is 8.02. The third kappa shape index (κ3) is 3.30. The first-order chi connectivity index (χ1) is 9.62. The third-order valence-electron chi connectivity index (χ3n) is 6.10. The van der Waals surface area contributed by atoms with Gasteiger partial charge in [0.1, 0.15) is 0 Å². The van der Waals surface area contributed by atoms with Crippen LogP contribution in [0.4, 0.5) is 0 Å². The molecular weight excluding hydrogens is 284 g/mol. The molecule has 2 rings (SSSR count). The Hall–Kier alpha value is -0.130. The van der Waals surface area contributed by atoms with E-state index in [0.717, 1.165) is 32.1 Å². The minimum absolute atomic E-state index is 0.296. The third-order valence-corrected chi connectivity index (χ3v) is 7.81. The molecule has 2 aliphatic rings. The van der Waals surface area contributed by atoms with Crippen molar-refractivity contribution >= 4 is 9.84 Å². The average molecular weight is 317 g/mol. The van der Waals surface area contributed by atoms with Gasteiger partial charge in [-0.1, -0.05) is 20.3 Å². The minimum Gasteiger partial charge on any atom is -0.329 e. The van der Waals surface area contributed by atoms with Gasteiger partial charge < -0.3 is 5.73 Å². The second-order valence-corrected chi connectivity index (χ2v) is 10.3. The second kappa shape index (κ2) is 5.82. The minimum atomic E-state index is -3.05. The van der Waals surface area contributed by atoms with Crippen LogP contribution in [0.1, 0.15) is 58.8 Å². The van der Waals surface area contributed by atoms with Gasteiger partial charge in [-0.25, -0.2) is 8.42 Å². The molecule has 0 bridgehead atoms. The largest absolute Gasteiger partial charge is 0.329 e. The predicted molar refractivity (Wildman–Crippen MR) is 88.1 cm³/mol. The van der Waals surface area contributed by atoms with Gasteiger partial charge in [0, 0.05) is 24.4 Å². The Morgan fingerprint density at radius 1 is 1.14 bits per heavy atom. The van der Waals surface area contributed by atoms with E-state index in [1.807, 2.05) is 0 Å². The lowest BCUT2D eigenvalue weighted by molar-refractivity contribution is 0.0414. The molecule has 2 saturated carbocycles. The van der Waals surface area contributed by atoms with E-state index in [4.69, 9.17) is 5.73 Å². The van der Waals surface area contributed by atoms with Crippen molar-refractivity contribution in [1.29, 1.82) is 0 Å². The van der Waals surface area contributed by atoms with Crippen LogP contribution in [0.2, 0.25) is 0 Å². The van der Waals surface area contributed by atoms with E-state index in [1.54, 1.807) is 0 Å². The van der Waals surface area contributed by atoms with Gasteiger partial charge in [0.05, 0.1) is 5.25 Å². The van der Waals surface area contributed by atoms with Crippen LogP contribution in [-0.4, -0.2) is 50.0 Å². The van der Waals surface area contributed by atoms with Gasteiger partial charge in [-0.3, -0.25) is 4.90 Å². The number of hydrogen-bond donors (Lipinski definition) is 1. The van der Waals surface area contributed by atoms with E-state index >= 15 is 0 Å². The molecule has 0 aromatic rings. The summed E-state index contributed by atoms with van der Waals surface area (Å²) >= 11 is 0. The fourth-order valence-corrected chi connectivity index (χ4v) is 6.32. The first-order valence-corrected chi connectivity index (χ1v) is 10.2. The summed E-state index contributed by atoms with van der Waals surface area (Å²) in [6, 6.07) is 0.476. The van der Waals surface area contributed by atoms with Crippen LogP contribution in [0.25, 0.3) is 0 Å². The van der Waals surface area contributed by atoms with E-state index in [-0.39, 0.29) is 10.8 Å². The summed E-state index contributed by atoms with van der Waals surface area (Å²) in [5, 5.41) is -0.296. The summed E-state index contributed by atoms with van der Waals surface area (Å²) in [4.78, 5) is 2.35. The number of hydrogen-bond acceptors (Lipinski definition) is 4. The van der Waals surface area contributed by atoms with Crippen molar-refractivity contribution in [3.05, 3.63) is 0 Å². The number of nitrogens with zero attached hydrogens (tertiary/aromatic N) is 1. The topological polar surface area (TPSA) is 63.4 Å². The monoisotopic (exact) mass is 316 g/mol. The van der Waals surface area contributed by atoms with E-state index < -0.39 is 9.84 Å². The van der Waals surface area contributed by atoms with Gasteiger partial charge in [-0.2, -0.15) is 0 Å². The van der Waals surface area contributed by atoms with Crippen LogP contribution in [0.3, 0.4) is 0 Å². The summed E-state index contributed by atoms with van der Waals surface area (Å²) in [5.74, 6) is 0. The molecule has 0 aromatic heterocycles. The molecule has 0 aliphatic heterocycles. The molecule has 2 unspecified atom stereocenters. The highest BCUT2D eigenvalue weighted by molar-refractivity contribution is 7.91. The molecule has 0 amide bonds. The van der Waals surface area contributed by atoms with Crippen molar-refractivity contribution in [2.45, 2.75) is 75.6 Å². The van der Waals surface area contributed by atoms with Gasteiger partial charge in [-0.05, 0) is 51.0 Å². The van der Waals surface area contributed by atoms with Gasteiger partial charge in [0.2, 0.25) is 0 Å². The van der Waals surface area contributed by atoms with Crippen LogP contribution < -0.4 is 5.73 Å². The summed E-state index contributed by atoms with van der Waals surface area (Å²) in [7, 11) is -0.940. The zero-order valence-electron chi connectivity index (χ0n) is 14.1. The van der Waals surface area contributed by atoms with Gasteiger partial charge >= 0.3 is 0 Å². The van der Waals surface area contributed by atoms with E-state index in [0.29, 0.717) is 18.0 Å². The standard InChI is InChI=1S/C16H32N2O2S/c1-15(2)10-7-13(8-11-15)18(3)16(12-17)9-5-6-14(16)21(4,19)20/h13-14H,5-12,17H2,1-4H3. The van der Waals surface area contributed by atoms with Gasteiger partial charge in [-0.15, -0.1) is 0 Å². The van der Waals surface area contributed by atoms with Crippen LogP contribution in [0.5, 0.6) is 0 Å². The molecule has 21 heavy (non-hydrogen) atoms. The molecule has 0 saturated heterocycles. The van der Waals surface area contributed by atoms with Gasteiger partial charge in [0.25, 0.3) is 0 Å². The molecule has 0 heterocycles. The first kappa shape index (κ1) is 17.2. The van der Waals surface area contributed by atoms with E-state index in [9.17, 15) is 8.42 Å². The van der Waals surface area contributed by atoms with Crippen LogP contribution in [0.15, 0.2) is 0 Å². The maximum absolute atomic E-state index is 12.2. The van der Waals surface area contributed by atoms with Crippen molar-refractivity contribution in [1.82, 2.24) is 4.90 Å². The molecule has 2 atom stereocenters. The molecular formula is C16H32N2O2S. The Balaban J connectivity index is 2.20. The van der Waals surface area contributed by atoms with E-state index in [1.165, 1.54) is 19.1 Å². The predicted octanol–water partition coefficient (Wildman–Crippen LogP) is 2.18. The maximum Gasteiger partial charge on any atom is 0.152 e.